The molecular formula is C11H19N3O2. The van der Waals surface area contributed by atoms with Crippen molar-refractivity contribution < 1.29 is 9.37 Å². The van der Waals surface area contributed by atoms with E-state index < -0.39 is 0 Å². The van der Waals surface area contributed by atoms with Crippen molar-refractivity contribution in [3.05, 3.63) is 11.4 Å². The maximum Gasteiger partial charge on any atom is 0.121 e. The molecular weight excluding hydrogens is 206 g/mol. The first-order valence-electron chi connectivity index (χ1n) is 5.96. The van der Waals surface area contributed by atoms with E-state index in [1.807, 2.05) is 6.92 Å². The van der Waals surface area contributed by atoms with E-state index in [0.717, 1.165) is 24.5 Å². The highest BCUT2D eigenvalue weighted by atomic mass is 16.6. The molecule has 1 fully saturated rings. The third-order valence-electron chi connectivity index (χ3n) is 2.97. The molecule has 0 amide bonds. The summed E-state index contributed by atoms with van der Waals surface area (Å²) >= 11 is 0. The molecule has 0 aliphatic heterocycles. The maximum absolute atomic E-state index is 5.73. The van der Waals surface area contributed by atoms with Gasteiger partial charge < -0.3 is 10.1 Å². The van der Waals surface area contributed by atoms with E-state index >= 15 is 0 Å². The number of hydrogen-bond donors (Lipinski definition) is 1. The average molecular weight is 225 g/mol. The first kappa shape index (κ1) is 11.5. The van der Waals surface area contributed by atoms with Crippen LogP contribution in [-0.2, 0) is 11.3 Å². The summed E-state index contributed by atoms with van der Waals surface area (Å²) in [6.07, 6.45) is 5.60. The van der Waals surface area contributed by atoms with E-state index in [9.17, 15) is 0 Å². The van der Waals surface area contributed by atoms with Gasteiger partial charge >= 0.3 is 0 Å². The topological polar surface area (TPSA) is 60.2 Å². The summed E-state index contributed by atoms with van der Waals surface area (Å²) in [6.45, 7) is 4.21. The van der Waals surface area contributed by atoms with Gasteiger partial charge in [0.25, 0.3) is 0 Å². The molecule has 0 bridgehead atoms. The van der Waals surface area contributed by atoms with Crippen LogP contribution in [0.2, 0.25) is 0 Å². The molecule has 0 atom stereocenters. The van der Waals surface area contributed by atoms with E-state index in [4.69, 9.17) is 4.74 Å². The Morgan fingerprint density at radius 2 is 2.19 bits per heavy atom. The van der Waals surface area contributed by atoms with Gasteiger partial charge in [-0.2, -0.15) is 0 Å². The monoisotopic (exact) mass is 225 g/mol. The van der Waals surface area contributed by atoms with Crippen molar-refractivity contribution in [1.82, 2.24) is 15.6 Å². The molecule has 1 N–H and O–H groups in total. The first-order valence-corrected chi connectivity index (χ1v) is 5.96. The zero-order valence-corrected chi connectivity index (χ0v) is 9.74. The lowest BCUT2D eigenvalue weighted by molar-refractivity contribution is 0.0602. The molecule has 0 unspecified atom stereocenters. The van der Waals surface area contributed by atoms with E-state index in [1.54, 1.807) is 0 Å². The minimum atomic E-state index is 0.497. The number of nitrogens with one attached hydrogen (secondary N) is 1. The highest BCUT2D eigenvalue weighted by molar-refractivity contribution is 5.03. The molecule has 1 aromatic rings. The summed E-state index contributed by atoms with van der Waals surface area (Å²) in [5.41, 5.74) is 1.73. The molecule has 1 saturated carbocycles. The van der Waals surface area contributed by atoms with Crippen LogP contribution >= 0.6 is 0 Å². The molecule has 0 spiro atoms. The van der Waals surface area contributed by atoms with Gasteiger partial charge in [0.15, 0.2) is 0 Å². The number of rotatable bonds is 6. The Bertz CT molecular complexity index is 308. The summed E-state index contributed by atoms with van der Waals surface area (Å²) in [4.78, 5) is 0. The molecule has 0 saturated heterocycles. The Morgan fingerprint density at radius 3 is 2.88 bits per heavy atom. The Hall–Kier alpha value is -0.940. The third-order valence-corrected chi connectivity index (χ3v) is 2.97. The second-order valence-corrected chi connectivity index (χ2v) is 4.25. The standard InChI is InChI=1S/C11H19N3O2/c1-9-11(14-16-13-9)8-12-6-7-15-10-4-2-3-5-10/h10,12H,2-8H2,1H3. The third kappa shape index (κ3) is 3.28. The van der Waals surface area contributed by atoms with Crippen LogP contribution in [0.1, 0.15) is 37.1 Å². The molecule has 1 aliphatic carbocycles. The van der Waals surface area contributed by atoms with Crippen LogP contribution in [0.5, 0.6) is 0 Å². The van der Waals surface area contributed by atoms with Crippen molar-refractivity contribution in [1.29, 1.82) is 0 Å². The second-order valence-electron chi connectivity index (χ2n) is 4.25. The van der Waals surface area contributed by atoms with Crippen LogP contribution in [0.4, 0.5) is 0 Å². The van der Waals surface area contributed by atoms with E-state index in [1.165, 1.54) is 25.7 Å². The van der Waals surface area contributed by atoms with Gasteiger partial charge in [-0.05, 0) is 19.8 Å². The molecule has 0 radical (unpaired) electrons. The lowest BCUT2D eigenvalue weighted by Crippen LogP contribution is -2.22. The van der Waals surface area contributed by atoms with Gasteiger partial charge in [0.1, 0.15) is 11.4 Å². The molecule has 1 aromatic heterocycles. The SMILES string of the molecule is Cc1nonc1CNCCOC1CCCC1. The quantitative estimate of drug-likeness (QED) is 0.742. The van der Waals surface area contributed by atoms with Crippen LogP contribution in [0.3, 0.4) is 0 Å². The van der Waals surface area contributed by atoms with E-state index in [-0.39, 0.29) is 0 Å². The van der Waals surface area contributed by atoms with Gasteiger partial charge in [-0.15, -0.1) is 0 Å². The smallest absolute Gasteiger partial charge is 0.121 e. The predicted molar refractivity (Wildman–Crippen MR) is 58.9 cm³/mol. The number of hydrogen-bond acceptors (Lipinski definition) is 5. The Balaban J connectivity index is 1.53. The molecule has 5 nitrogen and oxygen atoms in total. The maximum atomic E-state index is 5.73. The summed E-state index contributed by atoms with van der Waals surface area (Å²) in [6, 6.07) is 0. The Kier molecular flexibility index (Phi) is 4.30. The Morgan fingerprint density at radius 1 is 1.38 bits per heavy atom. The average Bonchev–Trinajstić information content (AvgIpc) is 2.90. The van der Waals surface area contributed by atoms with E-state index in [2.05, 4.69) is 20.3 Å². The number of aryl methyl sites for hydroxylation is 1. The fourth-order valence-corrected chi connectivity index (χ4v) is 1.97. The number of aromatic nitrogens is 2. The van der Waals surface area contributed by atoms with Crippen molar-refractivity contribution in [2.24, 2.45) is 0 Å². The summed E-state index contributed by atoms with van der Waals surface area (Å²) in [7, 11) is 0. The van der Waals surface area contributed by atoms with Crippen LogP contribution in [-0.4, -0.2) is 29.6 Å². The lowest BCUT2D eigenvalue weighted by Gasteiger charge is -2.10. The summed E-state index contributed by atoms with van der Waals surface area (Å²) in [5, 5.41) is 10.8. The van der Waals surface area contributed by atoms with Gasteiger partial charge in [-0.25, -0.2) is 4.63 Å². The lowest BCUT2D eigenvalue weighted by atomic mass is 10.3. The predicted octanol–water partition coefficient (Wildman–Crippen LogP) is 1.43. The van der Waals surface area contributed by atoms with Gasteiger partial charge in [-0.3, -0.25) is 0 Å². The van der Waals surface area contributed by atoms with Crippen molar-refractivity contribution in [2.75, 3.05) is 13.2 Å². The van der Waals surface area contributed by atoms with Gasteiger partial charge in [0, 0.05) is 13.1 Å². The van der Waals surface area contributed by atoms with Crippen LogP contribution < -0.4 is 5.32 Å². The molecule has 16 heavy (non-hydrogen) atoms. The van der Waals surface area contributed by atoms with Gasteiger partial charge in [-0.1, -0.05) is 23.2 Å². The Labute approximate surface area is 95.5 Å². The molecule has 0 aromatic carbocycles. The zero-order chi connectivity index (χ0) is 11.2. The largest absolute Gasteiger partial charge is 0.377 e. The van der Waals surface area contributed by atoms with Gasteiger partial charge in [0.2, 0.25) is 0 Å². The minimum absolute atomic E-state index is 0.497. The second kappa shape index (κ2) is 5.96. The molecule has 1 heterocycles. The summed E-state index contributed by atoms with van der Waals surface area (Å²) in [5.74, 6) is 0. The van der Waals surface area contributed by atoms with Crippen LogP contribution in [0.15, 0.2) is 4.63 Å². The van der Waals surface area contributed by atoms with Crippen molar-refractivity contribution in [2.45, 2.75) is 45.3 Å². The van der Waals surface area contributed by atoms with E-state index in [0.29, 0.717) is 12.6 Å². The van der Waals surface area contributed by atoms with Crippen LogP contribution in [0, 0.1) is 6.92 Å². The molecule has 2 rings (SSSR count). The van der Waals surface area contributed by atoms with Crippen molar-refractivity contribution in [3.8, 4) is 0 Å². The highest BCUT2D eigenvalue weighted by Gasteiger charge is 2.14. The highest BCUT2D eigenvalue weighted by Crippen LogP contribution is 2.20. The van der Waals surface area contributed by atoms with Crippen molar-refractivity contribution >= 4 is 0 Å². The number of ether oxygens (including phenoxy) is 1. The molecule has 1 aliphatic rings. The minimum Gasteiger partial charge on any atom is -0.377 e. The van der Waals surface area contributed by atoms with Crippen molar-refractivity contribution in [3.63, 3.8) is 0 Å². The van der Waals surface area contributed by atoms with Crippen LogP contribution in [0.25, 0.3) is 0 Å². The zero-order valence-electron chi connectivity index (χ0n) is 9.74. The van der Waals surface area contributed by atoms with Gasteiger partial charge in [0.05, 0.1) is 12.7 Å². The number of nitrogens with zero attached hydrogens (tertiary/aromatic N) is 2. The normalized spacial score (nSPS) is 17.1. The molecule has 90 valence electrons. The molecule has 5 heteroatoms. The summed E-state index contributed by atoms with van der Waals surface area (Å²) < 4.78 is 10.3. The fraction of sp³-hybridized carbons (Fsp3) is 0.818. The fourth-order valence-electron chi connectivity index (χ4n) is 1.97. The first-order chi connectivity index (χ1) is 7.86.